The van der Waals surface area contributed by atoms with Gasteiger partial charge in [0.15, 0.2) is 0 Å². The summed E-state index contributed by atoms with van der Waals surface area (Å²) in [4.78, 5) is 12.3. The van der Waals surface area contributed by atoms with Gasteiger partial charge in [-0.1, -0.05) is 11.6 Å². The number of alkyl halides is 3. The zero-order valence-electron chi connectivity index (χ0n) is 9.25. The van der Waals surface area contributed by atoms with Crippen LogP contribution in [0.5, 0.6) is 0 Å². The summed E-state index contributed by atoms with van der Waals surface area (Å²) in [6.45, 7) is -2.30. The second-order valence-electron chi connectivity index (χ2n) is 3.57. The van der Waals surface area contributed by atoms with Crippen LogP contribution in [0.3, 0.4) is 0 Å². The second-order valence-corrected chi connectivity index (χ2v) is 4.01. The molecular weight excluding hydrogens is 271 g/mol. The van der Waals surface area contributed by atoms with Crippen molar-refractivity contribution in [3.63, 3.8) is 0 Å². The van der Waals surface area contributed by atoms with Gasteiger partial charge in [0.25, 0.3) is 5.91 Å². The number of aliphatic hydroxyl groups excluding tert-OH is 1. The van der Waals surface area contributed by atoms with Crippen molar-refractivity contribution in [2.45, 2.75) is 6.18 Å². The first-order valence-corrected chi connectivity index (χ1v) is 5.44. The molecule has 0 aliphatic rings. The topological polar surface area (TPSA) is 40.5 Å². The minimum atomic E-state index is -4.50. The quantitative estimate of drug-likeness (QED) is 0.920. The summed E-state index contributed by atoms with van der Waals surface area (Å²) < 4.78 is 36.8. The first kappa shape index (κ1) is 14.8. The smallest absolute Gasteiger partial charge is 0.395 e. The van der Waals surface area contributed by atoms with Gasteiger partial charge in [0.1, 0.15) is 6.54 Å². The lowest BCUT2D eigenvalue weighted by atomic mass is 10.2. The highest BCUT2D eigenvalue weighted by molar-refractivity contribution is 6.30. The number of nitrogens with zero attached hydrogens (tertiary/aromatic N) is 1. The van der Waals surface area contributed by atoms with Crippen molar-refractivity contribution in [3.05, 3.63) is 34.9 Å². The molecule has 0 spiro atoms. The third kappa shape index (κ3) is 4.54. The maximum Gasteiger partial charge on any atom is 0.406 e. The van der Waals surface area contributed by atoms with Crippen molar-refractivity contribution in [1.29, 1.82) is 0 Å². The molecule has 1 rings (SSSR count). The van der Waals surface area contributed by atoms with E-state index in [-0.39, 0.29) is 12.1 Å². The Morgan fingerprint density at radius 2 is 1.83 bits per heavy atom. The number of amides is 1. The Bertz CT molecular complexity index is 406. The molecule has 3 nitrogen and oxygen atoms in total. The van der Waals surface area contributed by atoms with Crippen LogP contribution in [0.4, 0.5) is 13.2 Å². The Kier molecular flexibility index (Phi) is 4.98. The fourth-order valence-electron chi connectivity index (χ4n) is 1.36. The van der Waals surface area contributed by atoms with E-state index in [1.807, 2.05) is 0 Å². The highest BCUT2D eigenvalue weighted by Crippen LogP contribution is 2.18. The Morgan fingerprint density at radius 3 is 2.28 bits per heavy atom. The van der Waals surface area contributed by atoms with Crippen molar-refractivity contribution in [2.75, 3.05) is 19.7 Å². The summed E-state index contributed by atoms with van der Waals surface area (Å²) in [7, 11) is 0. The fourth-order valence-corrected chi connectivity index (χ4v) is 1.49. The number of benzene rings is 1. The largest absolute Gasteiger partial charge is 0.406 e. The summed E-state index contributed by atoms with van der Waals surface area (Å²) in [5.41, 5.74) is 0.0945. The fraction of sp³-hybridized carbons (Fsp3) is 0.364. The van der Waals surface area contributed by atoms with Crippen LogP contribution in [0.2, 0.25) is 5.02 Å². The highest BCUT2D eigenvalue weighted by atomic mass is 35.5. The van der Waals surface area contributed by atoms with Gasteiger partial charge in [-0.05, 0) is 24.3 Å². The number of aliphatic hydroxyl groups is 1. The Labute approximate surface area is 107 Å². The van der Waals surface area contributed by atoms with Gasteiger partial charge >= 0.3 is 6.18 Å². The predicted octanol–water partition coefficient (Wildman–Crippen LogP) is 2.34. The van der Waals surface area contributed by atoms with Gasteiger partial charge in [-0.15, -0.1) is 0 Å². The summed E-state index contributed by atoms with van der Waals surface area (Å²) in [6, 6.07) is 5.51. The molecule has 0 fully saturated rings. The van der Waals surface area contributed by atoms with E-state index in [1.54, 1.807) is 0 Å². The molecule has 0 atom stereocenters. The third-order valence-electron chi connectivity index (χ3n) is 2.12. The third-order valence-corrected chi connectivity index (χ3v) is 2.37. The predicted molar refractivity (Wildman–Crippen MR) is 60.5 cm³/mol. The van der Waals surface area contributed by atoms with Gasteiger partial charge < -0.3 is 10.0 Å². The van der Waals surface area contributed by atoms with E-state index in [0.717, 1.165) is 0 Å². The number of carbonyl (C=O) groups is 1. The average molecular weight is 282 g/mol. The van der Waals surface area contributed by atoms with E-state index in [1.165, 1.54) is 24.3 Å². The van der Waals surface area contributed by atoms with Crippen molar-refractivity contribution >= 4 is 17.5 Å². The molecule has 0 unspecified atom stereocenters. The maximum atomic E-state index is 12.3. The molecule has 0 aliphatic carbocycles. The van der Waals surface area contributed by atoms with Crippen LogP contribution in [0, 0.1) is 0 Å². The molecule has 1 aromatic carbocycles. The first-order chi connectivity index (χ1) is 8.33. The summed E-state index contributed by atoms with van der Waals surface area (Å²) >= 11 is 5.62. The molecule has 0 aliphatic heterocycles. The molecule has 1 amide bonds. The number of hydrogen-bond donors (Lipinski definition) is 1. The molecule has 0 saturated heterocycles. The van der Waals surface area contributed by atoms with Crippen molar-refractivity contribution in [2.24, 2.45) is 0 Å². The molecule has 0 aromatic heterocycles. The van der Waals surface area contributed by atoms with E-state index in [4.69, 9.17) is 16.7 Å². The van der Waals surface area contributed by atoms with Gasteiger partial charge in [-0.3, -0.25) is 4.79 Å². The number of hydrogen-bond acceptors (Lipinski definition) is 2. The molecular formula is C11H11ClF3NO2. The summed E-state index contributed by atoms with van der Waals surface area (Å²) in [5, 5.41) is 9.08. The lowest BCUT2D eigenvalue weighted by Crippen LogP contribution is -2.40. The van der Waals surface area contributed by atoms with E-state index in [9.17, 15) is 18.0 Å². The average Bonchev–Trinajstić information content (AvgIpc) is 2.27. The van der Waals surface area contributed by atoms with E-state index >= 15 is 0 Å². The molecule has 1 N–H and O–H groups in total. The van der Waals surface area contributed by atoms with Crippen molar-refractivity contribution in [1.82, 2.24) is 4.90 Å². The summed E-state index contributed by atoms with van der Waals surface area (Å²) in [6.07, 6.45) is -4.50. The van der Waals surface area contributed by atoms with Crippen LogP contribution in [-0.2, 0) is 0 Å². The van der Waals surface area contributed by atoms with Gasteiger partial charge in [0, 0.05) is 17.1 Å². The summed E-state index contributed by atoms with van der Waals surface area (Å²) in [5.74, 6) is -0.793. The normalized spacial score (nSPS) is 11.4. The molecule has 0 saturated carbocycles. The standard InChI is InChI=1S/C11H11ClF3NO2/c12-9-3-1-8(2-4-9)10(18)16(5-6-17)7-11(13,14)15/h1-4,17H,5-7H2. The lowest BCUT2D eigenvalue weighted by molar-refractivity contribution is -0.141. The maximum absolute atomic E-state index is 12.3. The molecule has 0 heterocycles. The molecule has 0 bridgehead atoms. The molecule has 100 valence electrons. The SMILES string of the molecule is O=C(c1ccc(Cl)cc1)N(CCO)CC(F)(F)F. The number of halogens is 4. The lowest BCUT2D eigenvalue weighted by Gasteiger charge is -2.23. The number of carbonyl (C=O) groups excluding carboxylic acids is 1. The molecule has 18 heavy (non-hydrogen) atoms. The zero-order chi connectivity index (χ0) is 13.8. The first-order valence-electron chi connectivity index (χ1n) is 5.06. The number of rotatable bonds is 4. The minimum Gasteiger partial charge on any atom is -0.395 e. The monoisotopic (exact) mass is 281 g/mol. The Morgan fingerprint density at radius 1 is 1.28 bits per heavy atom. The minimum absolute atomic E-state index is 0.0945. The van der Waals surface area contributed by atoms with Crippen LogP contribution in [0.25, 0.3) is 0 Å². The second kappa shape index (κ2) is 6.06. The van der Waals surface area contributed by atoms with Crippen LogP contribution in [-0.4, -0.2) is 41.8 Å². The Hall–Kier alpha value is -1.27. The Balaban J connectivity index is 2.85. The van der Waals surface area contributed by atoms with Crippen molar-refractivity contribution < 1.29 is 23.1 Å². The van der Waals surface area contributed by atoms with Crippen LogP contribution >= 0.6 is 11.6 Å². The van der Waals surface area contributed by atoms with E-state index in [0.29, 0.717) is 9.92 Å². The molecule has 0 radical (unpaired) electrons. The zero-order valence-corrected chi connectivity index (χ0v) is 10.0. The van der Waals surface area contributed by atoms with Gasteiger partial charge in [0.05, 0.1) is 6.61 Å². The van der Waals surface area contributed by atoms with Gasteiger partial charge in [0.2, 0.25) is 0 Å². The molecule has 7 heteroatoms. The van der Waals surface area contributed by atoms with E-state index < -0.39 is 25.2 Å². The van der Waals surface area contributed by atoms with Crippen LogP contribution in [0.15, 0.2) is 24.3 Å². The highest BCUT2D eigenvalue weighted by Gasteiger charge is 2.33. The van der Waals surface area contributed by atoms with E-state index in [2.05, 4.69) is 0 Å². The van der Waals surface area contributed by atoms with Crippen LogP contribution in [0.1, 0.15) is 10.4 Å². The van der Waals surface area contributed by atoms with Gasteiger partial charge in [-0.25, -0.2) is 0 Å². The van der Waals surface area contributed by atoms with Crippen molar-refractivity contribution in [3.8, 4) is 0 Å². The van der Waals surface area contributed by atoms with Crippen LogP contribution < -0.4 is 0 Å². The van der Waals surface area contributed by atoms with Gasteiger partial charge in [-0.2, -0.15) is 13.2 Å². The molecule has 1 aromatic rings.